The van der Waals surface area contributed by atoms with Gasteiger partial charge >= 0.3 is 0 Å². The van der Waals surface area contributed by atoms with Crippen molar-refractivity contribution in [2.45, 2.75) is 31.8 Å². The molecule has 1 aliphatic carbocycles. The van der Waals surface area contributed by atoms with E-state index in [1.54, 1.807) is 30.3 Å². The Morgan fingerprint density at radius 2 is 2.10 bits per heavy atom. The highest BCUT2D eigenvalue weighted by Gasteiger charge is 2.38. The van der Waals surface area contributed by atoms with E-state index in [0.29, 0.717) is 52.5 Å². The fourth-order valence-corrected chi connectivity index (χ4v) is 4.03. The van der Waals surface area contributed by atoms with Crippen molar-refractivity contribution < 1.29 is 18.7 Å². The summed E-state index contributed by atoms with van der Waals surface area (Å²) in [6, 6.07) is 13.3. The summed E-state index contributed by atoms with van der Waals surface area (Å²) in [5.74, 6) is -0.0674. The molecule has 0 bridgehead atoms. The lowest BCUT2D eigenvalue weighted by Crippen LogP contribution is -2.27. The van der Waals surface area contributed by atoms with Gasteiger partial charge in [-0.2, -0.15) is 5.26 Å². The van der Waals surface area contributed by atoms with Crippen molar-refractivity contribution >= 4 is 17.4 Å². The minimum absolute atomic E-state index is 0.0125. The van der Waals surface area contributed by atoms with Crippen LogP contribution in [0.3, 0.4) is 0 Å². The van der Waals surface area contributed by atoms with Gasteiger partial charge in [0.15, 0.2) is 5.78 Å². The molecule has 5 nitrogen and oxygen atoms in total. The number of Topliss-reactive ketones (excluding diaryl/α,β-unsaturated/α-hetero) is 1. The zero-order chi connectivity index (χ0) is 21.3. The number of hydrogen-bond acceptors (Lipinski definition) is 5. The monoisotopic (exact) mass is 424 g/mol. The highest BCUT2D eigenvalue weighted by atomic mass is 35.5. The molecule has 0 amide bonds. The number of carbonyl (C=O) groups excluding carboxylic acids is 1. The largest absolute Gasteiger partial charge is 0.487 e. The maximum Gasteiger partial charge on any atom is 0.205 e. The predicted molar refractivity (Wildman–Crippen MR) is 109 cm³/mol. The van der Waals surface area contributed by atoms with Crippen LogP contribution in [-0.4, -0.2) is 5.78 Å². The van der Waals surface area contributed by atoms with Crippen molar-refractivity contribution in [2.75, 3.05) is 0 Å². The summed E-state index contributed by atoms with van der Waals surface area (Å²) < 4.78 is 24.6. The molecule has 0 aromatic heterocycles. The Hall–Kier alpha value is -3.30. The third-order valence-electron chi connectivity index (χ3n) is 5.18. The van der Waals surface area contributed by atoms with Crippen molar-refractivity contribution in [3.63, 3.8) is 0 Å². The lowest BCUT2D eigenvalue weighted by Gasteiger charge is -2.31. The molecule has 0 fully saturated rings. The molecule has 30 heavy (non-hydrogen) atoms. The minimum Gasteiger partial charge on any atom is -0.487 e. The Morgan fingerprint density at radius 1 is 1.27 bits per heavy atom. The molecule has 152 valence electrons. The number of ether oxygens (including phenoxy) is 2. The SMILES string of the molecule is N#CC1=C(N)OC2=C(C(=O)CCC2)[C@@H]1c1ccc(OCc2cccc(F)c2)c(Cl)c1. The van der Waals surface area contributed by atoms with Gasteiger partial charge in [-0.1, -0.05) is 29.8 Å². The Labute approximate surface area is 178 Å². The molecule has 0 spiro atoms. The Bertz CT molecular complexity index is 1130. The van der Waals surface area contributed by atoms with Crippen LogP contribution < -0.4 is 10.5 Å². The van der Waals surface area contributed by atoms with Crippen LogP contribution in [0.25, 0.3) is 0 Å². The van der Waals surface area contributed by atoms with Gasteiger partial charge in [0, 0.05) is 18.4 Å². The summed E-state index contributed by atoms with van der Waals surface area (Å²) in [7, 11) is 0. The summed E-state index contributed by atoms with van der Waals surface area (Å²) in [5.41, 5.74) is 7.95. The van der Waals surface area contributed by atoms with Crippen molar-refractivity contribution in [1.82, 2.24) is 0 Å². The van der Waals surface area contributed by atoms with Gasteiger partial charge in [0.1, 0.15) is 35.6 Å². The fourth-order valence-electron chi connectivity index (χ4n) is 3.79. The van der Waals surface area contributed by atoms with Crippen LogP contribution in [0.5, 0.6) is 5.75 Å². The molecule has 2 aromatic rings. The number of nitrogens with zero attached hydrogens (tertiary/aromatic N) is 1. The molecule has 0 saturated carbocycles. The number of ketones is 1. The molecular weight excluding hydrogens is 407 g/mol. The molecule has 1 heterocycles. The lowest BCUT2D eigenvalue weighted by atomic mass is 9.77. The topological polar surface area (TPSA) is 85.3 Å². The molecule has 7 heteroatoms. The van der Waals surface area contributed by atoms with Crippen LogP contribution in [0, 0.1) is 17.1 Å². The number of nitrogens with two attached hydrogens (primary N) is 1. The standard InChI is InChI=1S/C23H18ClFN2O3/c24-17-10-14(7-8-19(17)29-12-13-3-1-4-15(25)9-13)21-16(11-26)23(27)30-20-6-2-5-18(28)22(20)21/h1,3-4,7-10,21H,2,5-6,12,27H2/t21-/m1/s1. The normalized spacial score (nSPS) is 18.6. The van der Waals surface area contributed by atoms with E-state index in [-0.39, 0.29) is 29.7 Å². The van der Waals surface area contributed by atoms with E-state index >= 15 is 0 Å². The second-order valence-corrected chi connectivity index (χ2v) is 7.55. The van der Waals surface area contributed by atoms with Gasteiger partial charge in [-0.05, 0) is 41.8 Å². The van der Waals surface area contributed by atoms with Gasteiger partial charge in [-0.3, -0.25) is 4.79 Å². The van der Waals surface area contributed by atoms with Crippen LogP contribution in [0.15, 0.2) is 65.3 Å². The fraction of sp³-hybridized carbons (Fsp3) is 0.217. The third kappa shape index (κ3) is 3.77. The van der Waals surface area contributed by atoms with Gasteiger partial charge in [0.05, 0.1) is 10.9 Å². The van der Waals surface area contributed by atoms with Gasteiger partial charge < -0.3 is 15.2 Å². The number of carbonyl (C=O) groups is 1. The maximum atomic E-state index is 13.3. The van der Waals surface area contributed by atoms with Crippen molar-refractivity contribution in [1.29, 1.82) is 5.26 Å². The summed E-state index contributed by atoms with van der Waals surface area (Å²) >= 11 is 6.42. The average Bonchev–Trinajstić information content (AvgIpc) is 2.72. The van der Waals surface area contributed by atoms with Crippen LogP contribution in [-0.2, 0) is 16.1 Å². The first-order valence-corrected chi connectivity index (χ1v) is 9.86. The summed E-state index contributed by atoms with van der Waals surface area (Å²) in [5, 5.41) is 9.95. The van der Waals surface area contributed by atoms with E-state index in [0.717, 1.165) is 0 Å². The smallest absolute Gasteiger partial charge is 0.205 e. The molecule has 4 rings (SSSR count). The first-order valence-electron chi connectivity index (χ1n) is 9.48. The zero-order valence-corrected chi connectivity index (χ0v) is 16.7. The summed E-state index contributed by atoms with van der Waals surface area (Å²) in [6.07, 6.45) is 1.69. The number of benzene rings is 2. The maximum absolute atomic E-state index is 13.3. The zero-order valence-electron chi connectivity index (χ0n) is 16.0. The van der Waals surface area contributed by atoms with Gasteiger partial charge in [0.2, 0.25) is 5.88 Å². The molecule has 1 atom stereocenters. The summed E-state index contributed by atoms with van der Waals surface area (Å²) in [4.78, 5) is 12.6. The number of nitriles is 1. The number of halogens is 2. The van der Waals surface area contributed by atoms with Gasteiger partial charge in [0.25, 0.3) is 0 Å². The Morgan fingerprint density at radius 3 is 2.83 bits per heavy atom. The van der Waals surface area contributed by atoms with Gasteiger partial charge in [-0.25, -0.2) is 4.39 Å². The Kier molecular flexibility index (Phi) is 5.47. The molecule has 0 unspecified atom stereocenters. The molecular formula is C23H18ClFN2O3. The van der Waals surface area contributed by atoms with Crippen LogP contribution in [0.4, 0.5) is 4.39 Å². The third-order valence-corrected chi connectivity index (χ3v) is 5.47. The molecule has 2 N–H and O–H groups in total. The van der Waals surface area contributed by atoms with E-state index < -0.39 is 5.92 Å². The predicted octanol–water partition coefficient (Wildman–Crippen LogP) is 4.87. The first-order chi connectivity index (χ1) is 14.5. The summed E-state index contributed by atoms with van der Waals surface area (Å²) in [6.45, 7) is 0.151. The van der Waals surface area contributed by atoms with Gasteiger partial charge in [-0.15, -0.1) is 0 Å². The Balaban J connectivity index is 1.65. The second kappa shape index (κ2) is 8.21. The molecule has 1 aliphatic heterocycles. The number of allylic oxidation sites excluding steroid dienone is 3. The second-order valence-electron chi connectivity index (χ2n) is 7.15. The van der Waals surface area contributed by atoms with Crippen molar-refractivity contribution in [3.05, 3.63) is 87.2 Å². The molecule has 2 aliphatic rings. The minimum atomic E-state index is -0.624. The van der Waals surface area contributed by atoms with Crippen molar-refractivity contribution in [2.24, 2.45) is 5.73 Å². The van der Waals surface area contributed by atoms with E-state index in [1.807, 2.05) is 0 Å². The average molecular weight is 425 g/mol. The number of hydrogen-bond donors (Lipinski definition) is 1. The highest BCUT2D eigenvalue weighted by molar-refractivity contribution is 6.32. The number of rotatable bonds is 4. The van der Waals surface area contributed by atoms with E-state index in [9.17, 15) is 14.4 Å². The lowest BCUT2D eigenvalue weighted by molar-refractivity contribution is -0.116. The van der Waals surface area contributed by atoms with E-state index in [1.165, 1.54) is 12.1 Å². The molecule has 0 radical (unpaired) electrons. The van der Waals surface area contributed by atoms with Crippen LogP contribution in [0.2, 0.25) is 5.02 Å². The van der Waals surface area contributed by atoms with E-state index in [2.05, 4.69) is 6.07 Å². The van der Waals surface area contributed by atoms with Crippen LogP contribution in [0.1, 0.15) is 36.3 Å². The van der Waals surface area contributed by atoms with Crippen LogP contribution >= 0.6 is 11.6 Å². The first kappa shape index (κ1) is 20.0. The molecule has 0 saturated heterocycles. The highest BCUT2D eigenvalue weighted by Crippen LogP contribution is 2.44. The van der Waals surface area contributed by atoms with E-state index in [4.69, 9.17) is 26.8 Å². The molecule has 2 aromatic carbocycles. The van der Waals surface area contributed by atoms with Crippen molar-refractivity contribution in [3.8, 4) is 11.8 Å². The quantitative estimate of drug-likeness (QED) is 0.756.